The number of hydrogen-bond donors (Lipinski definition) is 1. The predicted octanol–water partition coefficient (Wildman–Crippen LogP) is 2.64. The van der Waals surface area contributed by atoms with E-state index in [1.165, 1.54) is 35.0 Å². The van der Waals surface area contributed by atoms with Crippen molar-refractivity contribution in [1.82, 2.24) is 14.8 Å². The van der Waals surface area contributed by atoms with Crippen LogP contribution < -0.4 is 10.9 Å². The second-order valence-electron chi connectivity index (χ2n) is 5.71. The first-order valence-electron chi connectivity index (χ1n) is 8.14. The van der Waals surface area contributed by atoms with Crippen molar-refractivity contribution in [2.75, 3.05) is 5.32 Å². The minimum atomic E-state index is -0.376. The lowest BCUT2D eigenvalue weighted by Crippen LogP contribution is -2.21. The highest BCUT2D eigenvalue weighted by atomic mass is 19.1. The SMILES string of the molecule is CCn1cc(C(=O)Nc2ccc(Cc3cccc(F)c3)nn2)ccc1=O. The quantitative estimate of drug-likeness (QED) is 0.766. The Kier molecular flexibility index (Phi) is 5.17. The molecule has 1 amide bonds. The van der Waals surface area contributed by atoms with Crippen molar-refractivity contribution < 1.29 is 9.18 Å². The molecule has 1 N–H and O–H groups in total. The Labute approximate surface area is 149 Å². The Balaban J connectivity index is 1.69. The van der Waals surface area contributed by atoms with Gasteiger partial charge in [-0.05, 0) is 42.8 Å². The van der Waals surface area contributed by atoms with E-state index in [0.717, 1.165) is 5.56 Å². The summed E-state index contributed by atoms with van der Waals surface area (Å²) < 4.78 is 14.7. The number of aryl methyl sites for hydroxylation is 1. The van der Waals surface area contributed by atoms with Crippen LogP contribution in [0.25, 0.3) is 0 Å². The molecule has 2 aromatic heterocycles. The van der Waals surface area contributed by atoms with Crippen LogP contribution in [0.15, 0.2) is 59.5 Å². The maximum absolute atomic E-state index is 13.2. The third-order valence-electron chi connectivity index (χ3n) is 3.82. The van der Waals surface area contributed by atoms with Crippen LogP contribution in [-0.4, -0.2) is 20.7 Å². The molecular weight excluding hydrogens is 335 g/mol. The van der Waals surface area contributed by atoms with Crippen molar-refractivity contribution in [1.29, 1.82) is 0 Å². The standard InChI is InChI=1S/C19H17FN4O2/c1-2-24-12-14(6-9-18(24)25)19(26)21-17-8-7-16(22-23-17)11-13-4-3-5-15(20)10-13/h3-10,12H,2,11H2,1H3,(H,21,23,26). The summed E-state index contributed by atoms with van der Waals surface area (Å²) >= 11 is 0. The van der Waals surface area contributed by atoms with Crippen molar-refractivity contribution in [3.63, 3.8) is 0 Å². The highest BCUT2D eigenvalue weighted by molar-refractivity contribution is 6.03. The minimum absolute atomic E-state index is 0.162. The summed E-state index contributed by atoms with van der Waals surface area (Å²) in [5.41, 5.74) is 1.65. The summed E-state index contributed by atoms with van der Waals surface area (Å²) in [7, 11) is 0. The summed E-state index contributed by atoms with van der Waals surface area (Å²) in [5, 5.41) is 10.7. The van der Waals surface area contributed by atoms with E-state index in [0.29, 0.717) is 30.0 Å². The van der Waals surface area contributed by atoms with Gasteiger partial charge < -0.3 is 9.88 Å². The van der Waals surface area contributed by atoms with E-state index < -0.39 is 0 Å². The molecule has 26 heavy (non-hydrogen) atoms. The zero-order valence-corrected chi connectivity index (χ0v) is 14.1. The third-order valence-corrected chi connectivity index (χ3v) is 3.82. The topological polar surface area (TPSA) is 76.9 Å². The molecular formula is C19H17FN4O2. The number of benzene rings is 1. The zero-order chi connectivity index (χ0) is 18.5. The Hall–Kier alpha value is -3.35. The molecule has 132 valence electrons. The number of aromatic nitrogens is 3. The predicted molar refractivity (Wildman–Crippen MR) is 95.6 cm³/mol. The Morgan fingerprint density at radius 2 is 2.00 bits per heavy atom. The normalized spacial score (nSPS) is 10.5. The van der Waals surface area contributed by atoms with Gasteiger partial charge in [0.1, 0.15) is 5.82 Å². The first-order chi connectivity index (χ1) is 12.5. The van der Waals surface area contributed by atoms with E-state index in [4.69, 9.17) is 0 Å². The van der Waals surface area contributed by atoms with E-state index in [1.807, 2.05) is 13.0 Å². The lowest BCUT2D eigenvalue weighted by Gasteiger charge is -2.07. The maximum Gasteiger partial charge on any atom is 0.258 e. The molecule has 0 radical (unpaired) electrons. The molecule has 0 spiro atoms. The van der Waals surface area contributed by atoms with Crippen molar-refractivity contribution in [3.8, 4) is 0 Å². The Bertz CT molecular complexity index is 983. The molecule has 0 atom stereocenters. The number of pyridine rings is 1. The molecule has 0 saturated heterocycles. The van der Waals surface area contributed by atoms with Crippen LogP contribution in [0.5, 0.6) is 0 Å². The van der Waals surface area contributed by atoms with Gasteiger partial charge in [0.2, 0.25) is 0 Å². The number of hydrogen-bond acceptors (Lipinski definition) is 4. The van der Waals surface area contributed by atoms with Gasteiger partial charge in [-0.3, -0.25) is 9.59 Å². The average Bonchev–Trinajstić information content (AvgIpc) is 2.64. The van der Waals surface area contributed by atoms with Gasteiger partial charge >= 0.3 is 0 Å². The van der Waals surface area contributed by atoms with E-state index in [1.54, 1.807) is 18.2 Å². The summed E-state index contributed by atoms with van der Waals surface area (Å²) in [4.78, 5) is 23.8. The molecule has 0 unspecified atom stereocenters. The van der Waals surface area contributed by atoms with Crippen LogP contribution in [-0.2, 0) is 13.0 Å². The largest absolute Gasteiger partial charge is 0.315 e. The minimum Gasteiger partial charge on any atom is -0.315 e. The summed E-state index contributed by atoms with van der Waals surface area (Å²) in [6.45, 7) is 2.31. The zero-order valence-electron chi connectivity index (χ0n) is 14.1. The Morgan fingerprint density at radius 3 is 2.69 bits per heavy atom. The molecule has 7 heteroatoms. The van der Waals surface area contributed by atoms with Gasteiger partial charge in [0.25, 0.3) is 11.5 Å². The van der Waals surface area contributed by atoms with Crippen molar-refractivity contribution >= 4 is 11.7 Å². The van der Waals surface area contributed by atoms with Crippen molar-refractivity contribution in [2.24, 2.45) is 0 Å². The van der Waals surface area contributed by atoms with E-state index >= 15 is 0 Å². The van der Waals surface area contributed by atoms with Crippen LogP contribution in [0.1, 0.15) is 28.5 Å². The monoisotopic (exact) mass is 352 g/mol. The molecule has 0 fully saturated rings. The summed E-state index contributed by atoms with van der Waals surface area (Å²) in [6.07, 6.45) is 1.95. The molecule has 0 aliphatic heterocycles. The molecule has 0 aliphatic rings. The average molecular weight is 352 g/mol. The van der Waals surface area contributed by atoms with Gasteiger partial charge in [-0.15, -0.1) is 5.10 Å². The number of carbonyl (C=O) groups is 1. The highest BCUT2D eigenvalue weighted by Gasteiger charge is 2.09. The second-order valence-corrected chi connectivity index (χ2v) is 5.71. The molecule has 0 saturated carbocycles. The van der Waals surface area contributed by atoms with Crippen LogP contribution in [0.2, 0.25) is 0 Å². The number of nitrogens with zero attached hydrogens (tertiary/aromatic N) is 3. The van der Waals surface area contributed by atoms with Crippen LogP contribution in [0.4, 0.5) is 10.2 Å². The summed E-state index contributed by atoms with van der Waals surface area (Å²) in [6, 6.07) is 12.5. The molecule has 3 aromatic rings. The fourth-order valence-corrected chi connectivity index (χ4v) is 2.48. The van der Waals surface area contributed by atoms with E-state index in [2.05, 4.69) is 15.5 Å². The lowest BCUT2D eigenvalue weighted by atomic mass is 10.1. The van der Waals surface area contributed by atoms with Crippen LogP contribution >= 0.6 is 0 Å². The van der Waals surface area contributed by atoms with Gasteiger partial charge in [-0.2, -0.15) is 5.10 Å². The highest BCUT2D eigenvalue weighted by Crippen LogP contribution is 2.11. The number of nitrogens with one attached hydrogen (secondary N) is 1. The van der Waals surface area contributed by atoms with E-state index in [-0.39, 0.29) is 17.3 Å². The number of halogens is 1. The first kappa shape index (κ1) is 17.5. The number of carbonyl (C=O) groups excluding carboxylic acids is 1. The maximum atomic E-state index is 13.2. The molecule has 2 heterocycles. The van der Waals surface area contributed by atoms with Crippen LogP contribution in [0, 0.1) is 5.82 Å². The van der Waals surface area contributed by atoms with Gasteiger partial charge in [0.05, 0.1) is 11.3 Å². The number of amides is 1. The second kappa shape index (κ2) is 7.69. The fourth-order valence-electron chi connectivity index (χ4n) is 2.48. The van der Waals surface area contributed by atoms with E-state index in [9.17, 15) is 14.0 Å². The fraction of sp³-hybridized carbons (Fsp3) is 0.158. The molecule has 1 aromatic carbocycles. The molecule has 0 bridgehead atoms. The van der Waals surface area contributed by atoms with Crippen molar-refractivity contribution in [3.05, 3.63) is 87.7 Å². The lowest BCUT2D eigenvalue weighted by molar-refractivity contribution is 0.102. The van der Waals surface area contributed by atoms with Gasteiger partial charge in [-0.25, -0.2) is 4.39 Å². The summed E-state index contributed by atoms with van der Waals surface area (Å²) in [5.74, 6) is -0.376. The number of rotatable bonds is 5. The first-order valence-corrected chi connectivity index (χ1v) is 8.14. The van der Waals surface area contributed by atoms with Crippen LogP contribution in [0.3, 0.4) is 0 Å². The number of anilines is 1. The van der Waals surface area contributed by atoms with Gasteiger partial charge in [-0.1, -0.05) is 12.1 Å². The smallest absolute Gasteiger partial charge is 0.258 e. The third kappa shape index (κ3) is 4.18. The van der Waals surface area contributed by atoms with Crippen molar-refractivity contribution in [2.45, 2.75) is 19.9 Å². The molecule has 0 aliphatic carbocycles. The Morgan fingerprint density at radius 1 is 1.15 bits per heavy atom. The van der Waals surface area contributed by atoms with Gasteiger partial charge in [0, 0.05) is 25.2 Å². The molecule has 3 rings (SSSR count). The molecule has 6 nitrogen and oxygen atoms in total. The van der Waals surface area contributed by atoms with Gasteiger partial charge in [0.15, 0.2) is 5.82 Å².